The van der Waals surface area contributed by atoms with Crippen molar-refractivity contribution in [1.82, 2.24) is 5.32 Å². The van der Waals surface area contributed by atoms with Crippen LogP contribution in [0.25, 0.3) is 11.1 Å². The second-order valence-electron chi connectivity index (χ2n) is 7.71. The lowest BCUT2D eigenvalue weighted by molar-refractivity contribution is -0.136. The van der Waals surface area contributed by atoms with Gasteiger partial charge in [-0.3, -0.25) is 5.32 Å². The summed E-state index contributed by atoms with van der Waals surface area (Å²) in [6, 6.07) is 28.0. The lowest BCUT2D eigenvalue weighted by Gasteiger charge is -2.37. The van der Waals surface area contributed by atoms with Crippen molar-refractivity contribution in [3.63, 3.8) is 0 Å². The second kappa shape index (κ2) is 7.02. The Hall–Kier alpha value is -3.17. The minimum atomic E-state index is -0.446. The molecule has 3 nitrogen and oxygen atoms in total. The number of carbonyl (C=O) groups excluding carboxylic acids is 1. The van der Waals surface area contributed by atoms with Crippen LogP contribution >= 0.6 is 0 Å². The van der Waals surface area contributed by atoms with E-state index in [1.54, 1.807) is 0 Å². The third kappa shape index (κ3) is 2.73. The average molecular weight is 381 g/mol. The van der Waals surface area contributed by atoms with Crippen LogP contribution in [-0.4, -0.2) is 19.1 Å². The lowest BCUT2D eigenvalue weighted by Crippen LogP contribution is -2.48. The summed E-state index contributed by atoms with van der Waals surface area (Å²) >= 11 is 0. The van der Waals surface area contributed by atoms with Crippen LogP contribution in [-0.2, 0) is 15.1 Å². The normalized spacial score (nSPS) is 18.7. The summed E-state index contributed by atoms with van der Waals surface area (Å²) in [6.07, 6.45) is 3.49. The van der Waals surface area contributed by atoms with Crippen molar-refractivity contribution in [2.45, 2.75) is 24.4 Å². The van der Waals surface area contributed by atoms with Gasteiger partial charge in [0.15, 0.2) is 0 Å². The molecule has 1 N–H and O–H groups in total. The van der Waals surface area contributed by atoms with Crippen LogP contribution in [0.5, 0.6) is 0 Å². The third-order valence-electron chi connectivity index (χ3n) is 6.14. The summed E-state index contributed by atoms with van der Waals surface area (Å²) < 4.78 is 4.94. The maximum Gasteiger partial charge on any atom is 0.333 e. The Labute approximate surface area is 171 Å². The Morgan fingerprint density at radius 1 is 0.897 bits per heavy atom. The highest BCUT2D eigenvalue weighted by atomic mass is 16.5. The predicted molar refractivity (Wildman–Crippen MR) is 114 cm³/mol. The zero-order valence-corrected chi connectivity index (χ0v) is 16.4. The molecule has 0 saturated heterocycles. The van der Waals surface area contributed by atoms with E-state index in [4.69, 9.17) is 4.74 Å². The van der Waals surface area contributed by atoms with Gasteiger partial charge >= 0.3 is 5.97 Å². The molecule has 0 amide bonds. The van der Waals surface area contributed by atoms with Crippen molar-refractivity contribution in [2.75, 3.05) is 7.11 Å². The number of ether oxygens (including phenoxy) is 1. The van der Waals surface area contributed by atoms with Crippen LogP contribution in [0.4, 0.5) is 0 Å². The van der Waals surface area contributed by atoms with E-state index in [1.807, 2.05) is 6.08 Å². The molecule has 0 radical (unpaired) electrons. The maximum absolute atomic E-state index is 12.0. The summed E-state index contributed by atoms with van der Waals surface area (Å²) in [5, 5.41) is 3.97. The van der Waals surface area contributed by atoms with Crippen LogP contribution in [0.15, 0.2) is 90.5 Å². The van der Waals surface area contributed by atoms with Crippen molar-refractivity contribution >= 4 is 5.97 Å². The molecule has 29 heavy (non-hydrogen) atoms. The molecule has 0 spiro atoms. The highest BCUT2D eigenvalue weighted by Gasteiger charge is 2.46. The van der Waals surface area contributed by atoms with Gasteiger partial charge < -0.3 is 4.74 Å². The SMILES string of the molecule is COC(=O)C1=CC[C@H](NC2(c3ccccc3)c3ccccc3-c3ccccc32)C1. The highest BCUT2D eigenvalue weighted by Crippen LogP contribution is 2.51. The van der Waals surface area contributed by atoms with E-state index in [0.717, 1.165) is 12.0 Å². The largest absolute Gasteiger partial charge is 0.466 e. The zero-order chi connectivity index (χ0) is 19.8. The Balaban J connectivity index is 1.65. The standard InChI is InChI=1S/C26H23NO2/c1-29-25(28)18-15-16-20(17-18)27-26(19-9-3-2-4-10-19)23-13-7-5-11-21(23)22-12-6-8-14-24(22)26/h2-15,20,27H,16-17H2,1H3/t20-/m0/s1. The predicted octanol–water partition coefficient (Wildman–Crippen LogP) is 4.81. The topological polar surface area (TPSA) is 38.3 Å². The van der Waals surface area contributed by atoms with E-state index in [9.17, 15) is 4.79 Å². The van der Waals surface area contributed by atoms with Crippen molar-refractivity contribution in [2.24, 2.45) is 0 Å². The molecule has 0 fully saturated rings. The average Bonchev–Trinajstić information content (AvgIpc) is 3.36. The molecule has 3 aromatic rings. The van der Waals surface area contributed by atoms with Crippen molar-refractivity contribution in [3.8, 4) is 11.1 Å². The van der Waals surface area contributed by atoms with E-state index >= 15 is 0 Å². The van der Waals surface area contributed by atoms with Gasteiger partial charge in [0.25, 0.3) is 0 Å². The number of hydrogen-bond acceptors (Lipinski definition) is 3. The number of nitrogens with one attached hydrogen (secondary N) is 1. The first-order valence-corrected chi connectivity index (χ1v) is 10.0. The lowest BCUT2D eigenvalue weighted by atomic mass is 9.79. The third-order valence-corrected chi connectivity index (χ3v) is 6.14. The highest BCUT2D eigenvalue weighted by molar-refractivity contribution is 5.89. The van der Waals surface area contributed by atoms with Crippen LogP contribution < -0.4 is 5.32 Å². The molecule has 144 valence electrons. The first kappa shape index (κ1) is 17.9. The second-order valence-corrected chi connectivity index (χ2v) is 7.71. The molecule has 0 heterocycles. The molecule has 0 saturated carbocycles. The smallest absolute Gasteiger partial charge is 0.333 e. The molecular weight excluding hydrogens is 358 g/mol. The molecule has 5 rings (SSSR count). The molecule has 0 unspecified atom stereocenters. The number of esters is 1. The van der Waals surface area contributed by atoms with E-state index < -0.39 is 5.54 Å². The summed E-state index contributed by atoms with van der Waals surface area (Å²) in [5.74, 6) is -0.227. The minimum absolute atomic E-state index is 0.156. The molecule has 3 heteroatoms. The maximum atomic E-state index is 12.0. The number of methoxy groups -OCH3 is 1. The molecular formula is C26H23NO2. The van der Waals surface area contributed by atoms with Gasteiger partial charge in [-0.25, -0.2) is 4.79 Å². The molecule has 0 aliphatic heterocycles. The fraction of sp³-hybridized carbons (Fsp3) is 0.192. The fourth-order valence-corrected chi connectivity index (χ4v) is 4.90. The van der Waals surface area contributed by atoms with E-state index in [-0.39, 0.29) is 12.0 Å². The van der Waals surface area contributed by atoms with Gasteiger partial charge in [0.1, 0.15) is 0 Å². The Morgan fingerprint density at radius 3 is 2.10 bits per heavy atom. The van der Waals surface area contributed by atoms with Crippen LogP contribution in [0, 0.1) is 0 Å². The molecule has 0 bridgehead atoms. The van der Waals surface area contributed by atoms with Crippen LogP contribution in [0.1, 0.15) is 29.5 Å². The van der Waals surface area contributed by atoms with Gasteiger partial charge in [-0.2, -0.15) is 0 Å². The van der Waals surface area contributed by atoms with Gasteiger partial charge in [0.05, 0.1) is 12.6 Å². The number of hydrogen-bond donors (Lipinski definition) is 1. The first-order valence-electron chi connectivity index (χ1n) is 10.0. The van der Waals surface area contributed by atoms with Gasteiger partial charge in [0, 0.05) is 11.6 Å². The van der Waals surface area contributed by atoms with Gasteiger partial charge in [0.2, 0.25) is 0 Å². The zero-order valence-electron chi connectivity index (χ0n) is 16.4. The van der Waals surface area contributed by atoms with Gasteiger partial charge in [-0.05, 0) is 40.7 Å². The van der Waals surface area contributed by atoms with Crippen molar-refractivity contribution in [1.29, 1.82) is 0 Å². The number of benzene rings is 3. The summed E-state index contributed by atoms with van der Waals surface area (Å²) in [7, 11) is 1.44. The monoisotopic (exact) mass is 381 g/mol. The van der Waals surface area contributed by atoms with Crippen molar-refractivity contribution < 1.29 is 9.53 Å². The fourth-order valence-electron chi connectivity index (χ4n) is 4.90. The molecule has 0 aromatic heterocycles. The summed E-state index contributed by atoms with van der Waals surface area (Å²) in [6.45, 7) is 0. The Bertz CT molecular complexity index is 1050. The molecule has 3 aromatic carbocycles. The number of fused-ring (bicyclic) bond motifs is 3. The number of rotatable bonds is 4. The van der Waals surface area contributed by atoms with Crippen LogP contribution in [0.2, 0.25) is 0 Å². The van der Waals surface area contributed by atoms with E-state index in [2.05, 4.69) is 84.2 Å². The Morgan fingerprint density at radius 2 is 1.48 bits per heavy atom. The number of carbonyl (C=O) groups is 1. The van der Waals surface area contributed by atoms with E-state index in [1.165, 1.54) is 34.9 Å². The quantitative estimate of drug-likeness (QED) is 0.659. The Kier molecular flexibility index (Phi) is 4.33. The first-order chi connectivity index (χ1) is 14.2. The van der Waals surface area contributed by atoms with Crippen LogP contribution in [0.3, 0.4) is 0 Å². The minimum Gasteiger partial charge on any atom is -0.466 e. The summed E-state index contributed by atoms with van der Waals surface area (Å²) in [4.78, 5) is 12.0. The van der Waals surface area contributed by atoms with Gasteiger partial charge in [-0.1, -0.05) is 84.9 Å². The summed E-state index contributed by atoms with van der Waals surface area (Å²) in [5.41, 5.74) is 6.57. The van der Waals surface area contributed by atoms with E-state index in [0.29, 0.717) is 6.42 Å². The van der Waals surface area contributed by atoms with Gasteiger partial charge in [-0.15, -0.1) is 0 Å². The molecule has 2 aliphatic rings. The molecule has 2 aliphatic carbocycles. The van der Waals surface area contributed by atoms with Crippen molar-refractivity contribution in [3.05, 3.63) is 107 Å². The molecule has 1 atom stereocenters.